The van der Waals surface area contributed by atoms with E-state index in [0.717, 1.165) is 31.8 Å². The first-order chi connectivity index (χ1) is 6.83. The molecule has 0 unspecified atom stereocenters. The number of unbranched alkanes of at least 4 members (excludes halogenated alkanes) is 1. The van der Waals surface area contributed by atoms with E-state index in [-0.39, 0.29) is 0 Å². The molecule has 0 radical (unpaired) electrons. The van der Waals surface area contributed by atoms with E-state index < -0.39 is 0 Å². The molecule has 1 rings (SSSR count). The first-order valence-corrected chi connectivity index (χ1v) is 4.65. The number of nitrogens with zero attached hydrogens (tertiary/aromatic N) is 2. The standard InChI is InChI=1S/C9H16N4O/c1-14-7-3-2-6-11-9-5-4-8(10)12-13-9/h4-5H,2-3,6-7H2,1H3,(H2,10,12)(H,11,13). The molecular weight excluding hydrogens is 180 g/mol. The van der Waals surface area contributed by atoms with Gasteiger partial charge in [0, 0.05) is 20.3 Å². The number of methoxy groups -OCH3 is 1. The van der Waals surface area contributed by atoms with Crippen LogP contribution in [0.25, 0.3) is 0 Å². The molecule has 0 saturated heterocycles. The first kappa shape index (κ1) is 10.7. The Hall–Kier alpha value is -1.36. The SMILES string of the molecule is COCCCCNc1ccc(N)nn1. The van der Waals surface area contributed by atoms with Gasteiger partial charge in [0.1, 0.15) is 11.6 Å². The third-order valence-electron chi connectivity index (χ3n) is 1.77. The highest BCUT2D eigenvalue weighted by Crippen LogP contribution is 2.02. The van der Waals surface area contributed by atoms with Crippen LogP contribution in [0.1, 0.15) is 12.8 Å². The lowest BCUT2D eigenvalue weighted by atomic mass is 10.3. The molecule has 5 nitrogen and oxygen atoms in total. The normalized spacial score (nSPS) is 10.1. The van der Waals surface area contributed by atoms with E-state index in [0.29, 0.717) is 5.82 Å². The van der Waals surface area contributed by atoms with Crippen LogP contribution in [-0.4, -0.2) is 30.5 Å². The van der Waals surface area contributed by atoms with E-state index in [9.17, 15) is 0 Å². The van der Waals surface area contributed by atoms with Crippen molar-refractivity contribution >= 4 is 11.6 Å². The smallest absolute Gasteiger partial charge is 0.148 e. The minimum Gasteiger partial charge on any atom is -0.385 e. The molecule has 0 aliphatic heterocycles. The van der Waals surface area contributed by atoms with Gasteiger partial charge in [0.15, 0.2) is 0 Å². The van der Waals surface area contributed by atoms with Crippen molar-refractivity contribution in [2.75, 3.05) is 31.3 Å². The molecule has 0 aliphatic carbocycles. The second-order valence-corrected chi connectivity index (χ2v) is 2.97. The minimum atomic E-state index is 0.440. The number of anilines is 2. The highest BCUT2D eigenvalue weighted by Gasteiger charge is 1.93. The predicted octanol–water partition coefficient (Wildman–Crippen LogP) is 0.897. The highest BCUT2D eigenvalue weighted by atomic mass is 16.5. The number of aromatic nitrogens is 2. The summed E-state index contributed by atoms with van der Waals surface area (Å²) < 4.78 is 4.94. The van der Waals surface area contributed by atoms with Crippen molar-refractivity contribution in [2.24, 2.45) is 0 Å². The van der Waals surface area contributed by atoms with Crippen molar-refractivity contribution in [2.45, 2.75) is 12.8 Å². The van der Waals surface area contributed by atoms with Gasteiger partial charge in [0.05, 0.1) is 0 Å². The number of nitrogens with two attached hydrogens (primary N) is 1. The van der Waals surface area contributed by atoms with Gasteiger partial charge in [-0.3, -0.25) is 0 Å². The zero-order valence-corrected chi connectivity index (χ0v) is 8.36. The lowest BCUT2D eigenvalue weighted by molar-refractivity contribution is 0.194. The van der Waals surface area contributed by atoms with Crippen LogP contribution in [-0.2, 0) is 4.74 Å². The van der Waals surface area contributed by atoms with Gasteiger partial charge in [-0.1, -0.05) is 0 Å². The molecule has 78 valence electrons. The van der Waals surface area contributed by atoms with Gasteiger partial charge in [0.25, 0.3) is 0 Å². The lowest BCUT2D eigenvalue weighted by Crippen LogP contribution is -2.05. The van der Waals surface area contributed by atoms with Gasteiger partial charge in [-0.25, -0.2) is 0 Å². The van der Waals surface area contributed by atoms with E-state index in [1.54, 1.807) is 13.2 Å². The summed E-state index contributed by atoms with van der Waals surface area (Å²) in [6.45, 7) is 1.68. The molecule has 1 aromatic heterocycles. The highest BCUT2D eigenvalue weighted by molar-refractivity contribution is 5.38. The predicted molar refractivity (Wildman–Crippen MR) is 56.0 cm³/mol. The van der Waals surface area contributed by atoms with Crippen molar-refractivity contribution in [3.05, 3.63) is 12.1 Å². The third-order valence-corrected chi connectivity index (χ3v) is 1.77. The molecule has 0 fully saturated rings. The van der Waals surface area contributed by atoms with Gasteiger partial charge in [-0.2, -0.15) is 0 Å². The number of nitrogens with one attached hydrogen (secondary N) is 1. The van der Waals surface area contributed by atoms with Gasteiger partial charge in [-0.05, 0) is 25.0 Å². The summed E-state index contributed by atoms with van der Waals surface area (Å²) in [5, 5.41) is 10.8. The van der Waals surface area contributed by atoms with Crippen molar-refractivity contribution < 1.29 is 4.74 Å². The quantitative estimate of drug-likeness (QED) is 0.661. The molecule has 0 saturated carbocycles. The maximum Gasteiger partial charge on any atom is 0.148 e. The molecule has 0 aliphatic rings. The Kier molecular flexibility index (Phi) is 4.71. The fourth-order valence-electron chi connectivity index (χ4n) is 1.02. The number of hydrogen-bond donors (Lipinski definition) is 2. The van der Waals surface area contributed by atoms with E-state index >= 15 is 0 Å². The van der Waals surface area contributed by atoms with Crippen LogP contribution in [0.2, 0.25) is 0 Å². The fraction of sp³-hybridized carbons (Fsp3) is 0.556. The Morgan fingerprint density at radius 1 is 1.36 bits per heavy atom. The van der Waals surface area contributed by atoms with Crippen LogP contribution in [0.4, 0.5) is 11.6 Å². The molecule has 5 heteroatoms. The van der Waals surface area contributed by atoms with Gasteiger partial charge < -0.3 is 15.8 Å². The van der Waals surface area contributed by atoms with Crippen molar-refractivity contribution in [3.8, 4) is 0 Å². The van der Waals surface area contributed by atoms with Crippen LogP contribution in [0.15, 0.2) is 12.1 Å². The summed E-state index contributed by atoms with van der Waals surface area (Å²) in [4.78, 5) is 0. The summed E-state index contributed by atoms with van der Waals surface area (Å²) in [7, 11) is 1.71. The molecule has 14 heavy (non-hydrogen) atoms. The average Bonchev–Trinajstić information content (AvgIpc) is 2.21. The summed E-state index contributed by atoms with van der Waals surface area (Å²) in [6, 6.07) is 3.54. The number of ether oxygens (including phenoxy) is 1. The maximum atomic E-state index is 5.40. The van der Waals surface area contributed by atoms with Gasteiger partial charge in [0.2, 0.25) is 0 Å². The van der Waals surface area contributed by atoms with Crippen LogP contribution in [0.3, 0.4) is 0 Å². The first-order valence-electron chi connectivity index (χ1n) is 4.65. The second-order valence-electron chi connectivity index (χ2n) is 2.97. The Labute approximate surface area is 83.7 Å². The molecule has 0 spiro atoms. The summed E-state index contributed by atoms with van der Waals surface area (Å²) in [6.07, 6.45) is 2.10. The molecule has 1 heterocycles. The van der Waals surface area contributed by atoms with E-state index in [4.69, 9.17) is 10.5 Å². The van der Waals surface area contributed by atoms with Gasteiger partial charge >= 0.3 is 0 Å². The maximum absolute atomic E-state index is 5.40. The molecule has 1 aromatic rings. The number of hydrogen-bond acceptors (Lipinski definition) is 5. The molecule has 0 atom stereocenters. The molecule has 0 amide bonds. The van der Waals surface area contributed by atoms with Crippen molar-refractivity contribution in [1.29, 1.82) is 0 Å². The number of nitrogen functional groups attached to an aromatic ring is 1. The minimum absolute atomic E-state index is 0.440. The van der Waals surface area contributed by atoms with Crippen LogP contribution in [0, 0.1) is 0 Å². The Bertz CT molecular complexity index is 249. The summed E-state index contributed by atoms with van der Waals surface area (Å²) >= 11 is 0. The second kappa shape index (κ2) is 6.15. The monoisotopic (exact) mass is 196 g/mol. The Morgan fingerprint density at radius 3 is 2.86 bits per heavy atom. The average molecular weight is 196 g/mol. The zero-order valence-electron chi connectivity index (χ0n) is 8.36. The van der Waals surface area contributed by atoms with Crippen LogP contribution >= 0.6 is 0 Å². The number of rotatable bonds is 6. The fourth-order valence-corrected chi connectivity index (χ4v) is 1.02. The molecule has 3 N–H and O–H groups in total. The molecular formula is C9H16N4O. The lowest BCUT2D eigenvalue weighted by Gasteiger charge is -2.03. The molecule has 0 aromatic carbocycles. The van der Waals surface area contributed by atoms with E-state index in [2.05, 4.69) is 15.5 Å². The Balaban J connectivity index is 2.15. The van der Waals surface area contributed by atoms with Crippen LogP contribution < -0.4 is 11.1 Å². The van der Waals surface area contributed by atoms with Crippen LogP contribution in [0.5, 0.6) is 0 Å². The largest absolute Gasteiger partial charge is 0.385 e. The third kappa shape index (κ3) is 4.04. The van der Waals surface area contributed by atoms with Gasteiger partial charge in [-0.15, -0.1) is 10.2 Å². The van der Waals surface area contributed by atoms with Crippen molar-refractivity contribution in [1.82, 2.24) is 10.2 Å². The summed E-state index contributed by atoms with van der Waals surface area (Å²) in [5.74, 6) is 1.20. The van der Waals surface area contributed by atoms with E-state index in [1.807, 2.05) is 6.07 Å². The zero-order chi connectivity index (χ0) is 10.2. The topological polar surface area (TPSA) is 73.1 Å². The molecule has 0 bridgehead atoms. The summed E-state index contributed by atoms with van der Waals surface area (Å²) in [5.41, 5.74) is 5.40. The van der Waals surface area contributed by atoms with E-state index in [1.165, 1.54) is 0 Å². The Morgan fingerprint density at radius 2 is 2.21 bits per heavy atom. The van der Waals surface area contributed by atoms with Crippen molar-refractivity contribution in [3.63, 3.8) is 0 Å².